The van der Waals surface area contributed by atoms with Crippen molar-refractivity contribution >= 4 is 17.3 Å². The molecule has 2 heterocycles. The van der Waals surface area contributed by atoms with Gasteiger partial charge in [-0.25, -0.2) is 0 Å². The quantitative estimate of drug-likeness (QED) is 0.722. The molecular formula is C15H20N2S. The van der Waals surface area contributed by atoms with Crippen LogP contribution in [-0.4, -0.2) is 22.1 Å². The van der Waals surface area contributed by atoms with Gasteiger partial charge in [0.1, 0.15) is 0 Å². The van der Waals surface area contributed by atoms with Crippen LogP contribution in [0.25, 0.3) is 0 Å². The number of rotatable bonds is 0. The summed E-state index contributed by atoms with van der Waals surface area (Å²) in [7, 11) is 0. The third-order valence-electron chi connectivity index (χ3n) is 4.27. The molecule has 2 nitrogen and oxygen atoms in total. The molecule has 0 amide bonds. The SMILES string of the molecule is CC1(C)CC2(C)c3ccccc3CCN2C(=S)N1. The van der Waals surface area contributed by atoms with E-state index in [-0.39, 0.29) is 11.1 Å². The van der Waals surface area contributed by atoms with E-state index in [0.29, 0.717) is 0 Å². The molecule has 2 aliphatic rings. The molecular weight excluding hydrogens is 240 g/mol. The fraction of sp³-hybridized carbons (Fsp3) is 0.533. The lowest BCUT2D eigenvalue weighted by Gasteiger charge is -2.55. The van der Waals surface area contributed by atoms with Crippen molar-refractivity contribution in [3.63, 3.8) is 0 Å². The highest BCUT2D eigenvalue weighted by Crippen LogP contribution is 2.43. The molecule has 1 atom stereocenters. The Morgan fingerprint density at radius 3 is 2.72 bits per heavy atom. The molecule has 2 aliphatic heterocycles. The van der Waals surface area contributed by atoms with E-state index in [4.69, 9.17) is 12.2 Å². The predicted molar refractivity (Wildman–Crippen MR) is 78.6 cm³/mol. The Bertz CT molecular complexity index is 509. The monoisotopic (exact) mass is 260 g/mol. The summed E-state index contributed by atoms with van der Waals surface area (Å²) in [6.45, 7) is 7.83. The van der Waals surface area contributed by atoms with Crippen LogP contribution >= 0.6 is 12.2 Å². The molecule has 0 aliphatic carbocycles. The van der Waals surface area contributed by atoms with Crippen LogP contribution in [0.5, 0.6) is 0 Å². The van der Waals surface area contributed by atoms with Gasteiger partial charge in [-0.05, 0) is 57.0 Å². The molecule has 0 aromatic heterocycles. The van der Waals surface area contributed by atoms with Crippen molar-refractivity contribution in [3.8, 4) is 0 Å². The number of hydrogen-bond donors (Lipinski definition) is 1. The minimum absolute atomic E-state index is 0.0423. The zero-order valence-corrected chi connectivity index (χ0v) is 12.1. The Balaban J connectivity index is 2.13. The van der Waals surface area contributed by atoms with Crippen molar-refractivity contribution < 1.29 is 0 Å². The largest absolute Gasteiger partial charge is 0.358 e. The third-order valence-corrected chi connectivity index (χ3v) is 4.60. The number of nitrogens with zero attached hydrogens (tertiary/aromatic N) is 1. The van der Waals surface area contributed by atoms with E-state index in [0.717, 1.165) is 24.5 Å². The minimum atomic E-state index is 0.0423. The van der Waals surface area contributed by atoms with E-state index in [9.17, 15) is 0 Å². The topological polar surface area (TPSA) is 15.3 Å². The molecule has 1 saturated heterocycles. The van der Waals surface area contributed by atoms with Crippen molar-refractivity contribution in [2.45, 2.75) is 44.7 Å². The molecule has 0 saturated carbocycles. The van der Waals surface area contributed by atoms with Crippen molar-refractivity contribution in [2.75, 3.05) is 6.54 Å². The Kier molecular flexibility index (Phi) is 2.46. The molecule has 1 unspecified atom stereocenters. The van der Waals surface area contributed by atoms with Crippen LogP contribution in [0.2, 0.25) is 0 Å². The molecule has 1 aromatic rings. The second kappa shape index (κ2) is 3.70. The summed E-state index contributed by atoms with van der Waals surface area (Å²) in [6, 6.07) is 8.82. The Morgan fingerprint density at radius 1 is 1.22 bits per heavy atom. The molecule has 0 spiro atoms. The van der Waals surface area contributed by atoms with Gasteiger partial charge in [-0.2, -0.15) is 0 Å². The maximum absolute atomic E-state index is 5.57. The highest BCUT2D eigenvalue weighted by molar-refractivity contribution is 7.80. The van der Waals surface area contributed by atoms with Gasteiger partial charge in [-0.15, -0.1) is 0 Å². The Morgan fingerprint density at radius 2 is 1.94 bits per heavy atom. The lowest BCUT2D eigenvalue weighted by molar-refractivity contribution is 0.0975. The molecule has 0 bridgehead atoms. The maximum atomic E-state index is 5.57. The summed E-state index contributed by atoms with van der Waals surface area (Å²) in [5.74, 6) is 0. The maximum Gasteiger partial charge on any atom is 0.170 e. The zero-order valence-electron chi connectivity index (χ0n) is 11.3. The fourth-order valence-electron chi connectivity index (χ4n) is 3.67. The summed E-state index contributed by atoms with van der Waals surface area (Å²) in [5, 5.41) is 4.37. The number of thiocarbonyl (C=S) groups is 1. The van der Waals surface area contributed by atoms with Gasteiger partial charge in [-0.3, -0.25) is 0 Å². The molecule has 0 radical (unpaired) electrons. The number of benzene rings is 1. The smallest absolute Gasteiger partial charge is 0.170 e. The van der Waals surface area contributed by atoms with Crippen molar-refractivity contribution in [2.24, 2.45) is 0 Å². The van der Waals surface area contributed by atoms with E-state index in [1.165, 1.54) is 11.1 Å². The van der Waals surface area contributed by atoms with Crippen LogP contribution in [0.15, 0.2) is 24.3 Å². The molecule has 1 aromatic carbocycles. The summed E-state index contributed by atoms with van der Waals surface area (Å²) in [5.41, 5.74) is 3.04. The van der Waals surface area contributed by atoms with Gasteiger partial charge in [0, 0.05) is 12.1 Å². The van der Waals surface area contributed by atoms with Crippen LogP contribution < -0.4 is 5.32 Å². The molecule has 96 valence electrons. The van der Waals surface area contributed by atoms with Crippen LogP contribution in [0.3, 0.4) is 0 Å². The number of hydrogen-bond acceptors (Lipinski definition) is 1. The van der Waals surface area contributed by atoms with Gasteiger partial charge >= 0.3 is 0 Å². The third kappa shape index (κ3) is 1.64. The first-order chi connectivity index (χ1) is 8.42. The standard InChI is InChI=1S/C15H20N2S/c1-14(2)10-15(3)12-7-5-4-6-11(12)8-9-17(15)13(18)16-14/h4-7H,8-10H2,1-3H3,(H,16,18). The van der Waals surface area contributed by atoms with Crippen molar-refractivity contribution in [1.82, 2.24) is 10.2 Å². The van der Waals surface area contributed by atoms with E-state index < -0.39 is 0 Å². The lowest BCUT2D eigenvalue weighted by atomic mass is 9.73. The molecule has 3 rings (SSSR count). The van der Waals surface area contributed by atoms with Gasteiger partial charge in [0.15, 0.2) is 5.11 Å². The van der Waals surface area contributed by atoms with Gasteiger partial charge in [-0.1, -0.05) is 24.3 Å². The second-order valence-corrected chi connectivity index (χ2v) is 6.71. The van der Waals surface area contributed by atoms with Gasteiger partial charge in [0.25, 0.3) is 0 Å². The van der Waals surface area contributed by atoms with E-state index in [1.807, 2.05) is 0 Å². The van der Waals surface area contributed by atoms with E-state index >= 15 is 0 Å². The molecule has 1 N–H and O–H groups in total. The number of nitrogens with one attached hydrogen (secondary N) is 1. The van der Waals surface area contributed by atoms with Gasteiger partial charge < -0.3 is 10.2 Å². The summed E-state index contributed by atoms with van der Waals surface area (Å²) in [6.07, 6.45) is 2.17. The molecule has 18 heavy (non-hydrogen) atoms. The summed E-state index contributed by atoms with van der Waals surface area (Å²) < 4.78 is 0. The highest BCUT2D eigenvalue weighted by Gasteiger charge is 2.47. The first-order valence-corrected chi connectivity index (χ1v) is 7.01. The Labute approximate surface area is 114 Å². The van der Waals surface area contributed by atoms with Crippen molar-refractivity contribution in [3.05, 3.63) is 35.4 Å². The fourth-order valence-corrected chi connectivity index (χ4v) is 4.24. The predicted octanol–water partition coefficient (Wildman–Crippen LogP) is 2.82. The van der Waals surface area contributed by atoms with E-state index in [1.54, 1.807) is 0 Å². The van der Waals surface area contributed by atoms with Gasteiger partial charge in [0.05, 0.1) is 5.54 Å². The Hall–Kier alpha value is -1.09. The zero-order chi connectivity index (χ0) is 13.0. The molecule has 3 heteroatoms. The first kappa shape index (κ1) is 12.0. The number of fused-ring (bicyclic) bond motifs is 3. The average Bonchev–Trinajstić information content (AvgIpc) is 2.26. The average molecular weight is 260 g/mol. The van der Waals surface area contributed by atoms with Crippen LogP contribution in [0.1, 0.15) is 38.3 Å². The lowest BCUT2D eigenvalue weighted by Crippen LogP contribution is -2.66. The minimum Gasteiger partial charge on any atom is -0.358 e. The normalized spacial score (nSPS) is 29.3. The second-order valence-electron chi connectivity index (χ2n) is 6.32. The van der Waals surface area contributed by atoms with Crippen molar-refractivity contribution in [1.29, 1.82) is 0 Å². The highest BCUT2D eigenvalue weighted by atomic mass is 32.1. The van der Waals surface area contributed by atoms with Crippen LogP contribution in [0.4, 0.5) is 0 Å². The summed E-state index contributed by atoms with van der Waals surface area (Å²) in [4.78, 5) is 2.37. The van der Waals surface area contributed by atoms with E-state index in [2.05, 4.69) is 55.3 Å². The summed E-state index contributed by atoms with van der Waals surface area (Å²) >= 11 is 5.57. The van der Waals surface area contributed by atoms with Gasteiger partial charge in [0.2, 0.25) is 0 Å². The van der Waals surface area contributed by atoms with Crippen LogP contribution in [0, 0.1) is 0 Å². The van der Waals surface area contributed by atoms with Crippen LogP contribution in [-0.2, 0) is 12.0 Å². The molecule has 1 fully saturated rings. The first-order valence-electron chi connectivity index (χ1n) is 6.61.